The lowest BCUT2D eigenvalue weighted by atomic mass is 9.76. The van der Waals surface area contributed by atoms with Crippen LogP contribution in [0.1, 0.15) is 38.1 Å². The second-order valence-electron chi connectivity index (χ2n) is 5.29. The largest absolute Gasteiger partial charge is 0.381 e. The van der Waals surface area contributed by atoms with Gasteiger partial charge in [0.15, 0.2) is 0 Å². The van der Waals surface area contributed by atoms with Crippen LogP contribution in [0.2, 0.25) is 0 Å². The van der Waals surface area contributed by atoms with Crippen LogP contribution in [0.3, 0.4) is 0 Å². The zero-order valence-electron chi connectivity index (χ0n) is 11.6. The van der Waals surface area contributed by atoms with Crippen LogP contribution in [-0.4, -0.2) is 29.5 Å². The standard InChI is InChI=1S/C14H25N3O/c1-3-12-9-13(17(4-2)16-12)10-14(11-15)5-7-18-8-6-14/h9H,3-8,10-11,15H2,1-2H3. The normalized spacial score (nSPS) is 19.1. The molecule has 1 fully saturated rings. The third-order valence-electron chi connectivity index (χ3n) is 4.12. The van der Waals surface area contributed by atoms with E-state index >= 15 is 0 Å². The molecule has 0 amide bonds. The second-order valence-corrected chi connectivity index (χ2v) is 5.29. The van der Waals surface area contributed by atoms with Crippen molar-refractivity contribution in [1.82, 2.24) is 9.78 Å². The van der Waals surface area contributed by atoms with Gasteiger partial charge in [-0.25, -0.2) is 0 Å². The number of hydrogen-bond donors (Lipinski definition) is 1. The highest BCUT2D eigenvalue weighted by atomic mass is 16.5. The molecule has 0 spiro atoms. The van der Waals surface area contributed by atoms with Crippen molar-refractivity contribution in [3.8, 4) is 0 Å². The Hall–Kier alpha value is -0.870. The molecule has 18 heavy (non-hydrogen) atoms. The van der Waals surface area contributed by atoms with Gasteiger partial charge in [0.25, 0.3) is 0 Å². The number of hydrogen-bond acceptors (Lipinski definition) is 3. The van der Waals surface area contributed by atoms with Gasteiger partial charge in [-0.05, 0) is 50.6 Å². The molecule has 102 valence electrons. The molecule has 1 aromatic rings. The lowest BCUT2D eigenvalue weighted by molar-refractivity contribution is 0.0182. The third kappa shape index (κ3) is 2.75. The van der Waals surface area contributed by atoms with Gasteiger partial charge in [0.2, 0.25) is 0 Å². The van der Waals surface area contributed by atoms with Gasteiger partial charge in [-0.3, -0.25) is 4.68 Å². The molecule has 1 aliphatic heterocycles. The van der Waals surface area contributed by atoms with Crippen LogP contribution in [0.15, 0.2) is 6.07 Å². The average molecular weight is 251 g/mol. The predicted molar refractivity (Wildman–Crippen MR) is 72.5 cm³/mol. The Kier molecular flexibility index (Phi) is 4.40. The molecule has 2 heterocycles. The highest BCUT2D eigenvalue weighted by Gasteiger charge is 2.32. The van der Waals surface area contributed by atoms with Gasteiger partial charge in [-0.1, -0.05) is 6.92 Å². The number of aryl methyl sites for hydroxylation is 2. The van der Waals surface area contributed by atoms with Crippen molar-refractivity contribution in [3.05, 3.63) is 17.5 Å². The average Bonchev–Trinajstić information content (AvgIpc) is 2.82. The van der Waals surface area contributed by atoms with Crippen LogP contribution in [-0.2, 0) is 24.1 Å². The lowest BCUT2D eigenvalue weighted by Crippen LogP contribution is -2.39. The molecular weight excluding hydrogens is 226 g/mol. The summed E-state index contributed by atoms with van der Waals surface area (Å²) in [5.41, 5.74) is 8.77. The highest BCUT2D eigenvalue weighted by Crippen LogP contribution is 2.33. The minimum atomic E-state index is 0.218. The van der Waals surface area contributed by atoms with Gasteiger partial charge < -0.3 is 10.5 Å². The van der Waals surface area contributed by atoms with Crippen LogP contribution in [0.5, 0.6) is 0 Å². The van der Waals surface area contributed by atoms with E-state index in [1.165, 1.54) is 11.4 Å². The quantitative estimate of drug-likeness (QED) is 0.867. The molecule has 4 heteroatoms. The summed E-state index contributed by atoms with van der Waals surface area (Å²) < 4.78 is 7.60. The summed E-state index contributed by atoms with van der Waals surface area (Å²) in [5.74, 6) is 0. The van der Waals surface area contributed by atoms with Crippen molar-refractivity contribution < 1.29 is 4.74 Å². The summed E-state index contributed by atoms with van der Waals surface area (Å²) in [6.07, 6.45) is 4.17. The van der Waals surface area contributed by atoms with Crippen molar-refractivity contribution in [2.45, 2.75) is 46.1 Å². The maximum atomic E-state index is 6.03. The van der Waals surface area contributed by atoms with Crippen LogP contribution in [0.4, 0.5) is 0 Å². The Labute approximate surface area is 110 Å². The Morgan fingerprint density at radius 1 is 1.39 bits per heavy atom. The molecule has 0 saturated carbocycles. The lowest BCUT2D eigenvalue weighted by Gasteiger charge is -2.36. The van der Waals surface area contributed by atoms with E-state index in [1.54, 1.807) is 0 Å². The zero-order valence-corrected chi connectivity index (χ0v) is 11.6. The summed E-state index contributed by atoms with van der Waals surface area (Å²) in [4.78, 5) is 0. The molecule has 1 aliphatic rings. The summed E-state index contributed by atoms with van der Waals surface area (Å²) in [6.45, 7) is 7.67. The molecule has 0 aromatic carbocycles. The Balaban J connectivity index is 2.17. The minimum absolute atomic E-state index is 0.218. The zero-order chi connectivity index (χ0) is 13.0. The van der Waals surface area contributed by atoms with Crippen molar-refractivity contribution in [1.29, 1.82) is 0 Å². The third-order valence-corrected chi connectivity index (χ3v) is 4.12. The van der Waals surface area contributed by atoms with Gasteiger partial charge in [-0.15, -0.1) is 0 Å². The first-order valence-electron chi connectivity index (χ1n) is 7.06. The maximum Gasteiger partial charge on any atom is 0.0624 e. The molecule has 0 aliphatic carbocycles. The molecule has 2 rings (SSSR count). The Morgan fingerprint density at radius 3 is 2.67 bits per heavy atom. The first kappa shape index (κ1) is 13.6. The summed E-state index contributed by atoms with van der Waals surface area (Å²) in [5, 5.41) is 4.62. The van der Waals surface area contributed by atoms with E-state index in [1.807, 2.05) is 0 Å². The molecule has 1 aromatic heterocycles. The van der Waals surface area contributed by atoms with Crippen molar-refractivity contribution in [3.63, 3.8) is 0 Å². The van der Waals surface area contributed by atoms with E-state index < -0.39 is 0 Å². The summed E-state index contributed by atoms with van der Waals surface area (Å²) in [6, 6.07) is 2.25. The SMILES string of the molecule is CCc1cc(CC2(CN)CCOCC2)n(CC)n1. The van der Waals surface area contributed by atoms with Crippen LogP contribution in [0, 0.1) is 5.41 Å². The number of rotatable bonds is 5. The van der Waals surface area contributed by atoms with Crippen LogP contribution in [0.25, 0.3) is 0 Å². The van der Waals surface area contributed by atoms with Gasteiger partial charge in [0.05, 0.1) is 5.69 Å². The summed E-state index contributed by atoms with van der Waals surface area (Å²) in [7, 11) is 0. The van der Waals surface area contributed by atoms with Crippen molar-refractivity contribution >= 4 is 0 Å². The number of nitrogens with two attached hydrogens (primary N) is 1. The molecule has 0 atom stereocenters. The summed E-state index contributed by atoms with van der Waals surface area (Å²) >= 11 is 0. The van der Waals surface area contributed by atoms with E-state index in [-0.39, 0.29) is 5.41 Å². The smallest absolute Gasteiger partial charge is 0.0624 e. The van der Waals surface area contributed by atoms with Crippen molar-refractivity contribution in [2.24, 2.45) is 11.1 Å². The first-order chi connectivity index (χ1) is 8.73. The molecule has 0 unspecified atom stereocenters. The molecule has 1 saturated heterocycles. The highest BCUT2D eigenvalue weighted by molar-refractivity contribution is 5.13. The van der Waals surface area contributed by atoms with Gasteiger partial charge in [0, 0.05) is 25.5 Å². The van der Waals surface area contributed by atoms with Gasteiger partial charge in [0.1, 0.15) is 0 Å². The number of nitrogens with zero attached hydrogens (tertiary/aromatic N) is 2. The minimum Gasteiger partial charge on any atom is -0.381 e. The first-order valence-corrected chi connectivity index (χ1v) is 7.06. The molecular formula is C14H25N3O. The van der Waals surface area contributed by atoms with E-state index in [4.69, 9.17) is 10.5 Å². The van der Waals surface area contributed by atoms with Gasteiger partial charge >= 0.3 is 0 Å². The van der Waals surface area contributed by atoms with Crippen LogP contribution >= 0.6 is 0 Å². The predicted octanol–water partition coefficient (Wildman–Crippen LogP) is 1.76. The van der Waals surface area contributed by atoms with E-state index in [0.29, 0.717) is 0 Å². The maximum absolute atomic E-state index is 6.03. The molecule has 4 nitrogen and oxygen atoms in total. The second kappa shape index (κ2) is 5.85. The number of aromatic nitrogens is 2. The van der Waals surface area contributed by atoms with E-state index in [2.05, 4.69) is 29.7 Å². The van der Waals surface area contributed by atoms with Gasteiger partial charge in [-0.2, -0.15) is 5.10 Å². The molecule has 0 bridgehead atoms. The Bertz CT molecular complexity index is 380. The fourth-order valence-electron chi connectivity index (χ4n) is 2.75. The molecule has 0 radical (unpaired) electrons. The topological polar surface area (TPSA) is 53.1 Å². The van der Waals surface area contributed by atoms with Crippen LogP contribution < -0.4 is 5.73 Å². The fraction of sp³-hybridized carbons (Fsp3) is 0.786. The van der Waals surface area contributed by atoms with E-state index in [9.17, 15) is 0 Å². The molecule has 2 N–H and O–H groups in total. The van der Waals surface area contributed by atoms with E-state index in [0.717, 1.165) is 52.0 Å². The fourth-order valence-corrected chi connectivity index (χ4v) is 2.75. The number of ether oxygens (including phenoxy) is 1. The monoisotopic (exact) mass is 251 g/mol. The Morgan fingerprint density at radius 2 is 2.11 bits per heavy atom. The van der Waals surface area contributed by atoms with Crippen molar-refractivity contribution in [2.75, 3.05) is 19.8 Å².